The number of carbonyl (C=O) groups is 2. The van der Waals surface area contributed by atoms with E-state index < -0.39 is 0 Å². The topological polar surface area (TPSA) is 46.2 Å². The molecule has 2 aliphatic rings. The van der Waals surface area contributed by atoms with Crippen molar-refractivity contribution in [3.05, 3.63) is 21.9 Å². The molecular weight excluding hydrogens is 246 g/mol. The summed E-state index contributed by atoms with van der Waals surface area (Å²) in [6.45, 7) is 0. The minimum atomic E-state index is -0.0758. The van der Waals surface area contributed by atoms with Crippen LogP contribution < -0.4 is 5.32 Å². The molecule has 0 aromatic carbocycles. The third-order valence-electron chi connectivity index (χ3n) is 4.01. The van der Waals surface area contributed by atoms with Crippen LogP contribution in [0.5, 0.6) is 0 Å². The molecule has 18 heavy (non-hydrogen) atoms. The fourth-order valence-electron chi connectivity index (χ4n) is 2.99. The van der Waals surface area contributed by atoms with Gasteiger partial charge in [-0.15, -0.1) is 11.3 Å². The predicted molar refractivity (Wildman–Crippen MR) is 70.7 cm³/mol. The molecule has 2 aliphatic carbocycles. The Hall–Kier alpha value is -1.16. The van der Waals surface area contributed by atoms with Gasteiger partial charge in [-0.1, -0.05) is 19.3 Å². The molecule has 0 aliphatic heterocycles. The lowest BCUT2D eigenvalue weighted by Crippen LogP contribution is -2.34. The summed E-state index contributed by atoms with van der Waals surface area (Å²) in [7, 11) is 0. The summed E-state index contributed by atoms with van der Waals surface area (Å²) < 4.78 is 0. The van der Waals surface area contributed by atoms with Crippen molar-refractivity contribution in [1.29, 1.82) is 0 Å². The Morgan fingerprint density at radius 1 is 1.28 bits per heavy atom. The van der Waals surface area contributed by atoms with Crippen LogP contribution in [-0.2, 0) is 4.79 Å². The number of amides is 1. The highest BCUT2D eigenvalue weighted by molar-refractivity contribution is 7.12. The Labute approximate surface area is 111 Å². The maximum Gasteiger partial charge on any atom is 0.223 e. The average Bonchev–Trinajstić information content (AvgIpc) is 2.97. The normalized spacial score (nSPS) is 24.0. The predicted octanol–water partition coefficient (Wildman–Crippen LogP) is 3.07. The summed E-state index contributed by atoms with van der Waals surface area (Å²) in [6.07, 6.45) is 6.02. The smallest absolute Gasteiger partial charge is 0.223 e. The number of hydrogen-bond acceptors (Lipinski definition) is 3. The van der Waals surface area contributed by atoms with E-state index in [0.717, 1.165) is 36.1 Å². The molecule has 96 valence electrons. The zero-order valence-corrected chi connectivity index (χ0v) is 11.1. The molecule has 0 spiro atoms. The van der Waals surface area contributed by atoms with E-state index in [4.69, 9.17) is 0 Å². The van der Waals surface area contributed by atoms with E-state index in [-0.39, 0.29) is 23.7 Å². The standard InChI is InChI=1S/C14H17NO2S/c16-12-8-11(10-6-7-18-13(10)12)15-14(17)9-4-2-1-3-5-9/h6-7,9,11H,1-5,8H2,(H,15,17)/t11-/m0/s1. The molecule has 4 heteroatoms. The van der Waals surface area contributed by atoms with Gasteiger partial charge in [0.05, 0.1) is 10.9 Å². The van der Waals surface area contributed by atoms with Gasteiger partial charge < -0.3 is 5.32 Å². The fraction of sp³-hybridized carbons (Fsp3) is 0.571. The third-order valence-corrected chi connectivity index (χ3v) is 4.98. The molecule has 0 saturated heterocycles. The zero-order valence-electron chi connectivity index (χ0n) is 10.3. The van der Waals surface area contributed by atoms with E-state index in [1.807, 2.05) is 11.4 Å². The highest BCUT2D eigenvalue weighted by Gasteiger charge is 2.33. The summed E-state index contributed by atoms with van der Waals surface area (Å²) in [5.41, 5.74) is 1.02. The lowest BCUT2D eigenvalue weighted by molar-refractivity contribution is -0.126. The summed E-state index contributed by atoms with van der Waals surface area (Å²) in [4.78, 5) is 24.8. The van der Waals surface area contributed by atoms with Gasteiger partial charge in [-0.25, -0.2) is 0 Å². The van der Waals surface area contributed by atoms with E-state index in [0.29, 0.717) is 6.42 Å². The fourth-order valence-corrected chi connectivity index (χ4v) is 3.90. The van der Waals surface area contributed by atoms with Crippen LogP contribution in [0.1, 0.15) is 59.8 Å². The van der Waals surface area contributed by atoms with Gasteiger partial charge >= 0.3 is 0 Å². The van der Waals surface area contributed by atoms with Gasteiger partial charge in [0.2, 0.25) is 5.91 Å². The first kappa shape index (κ1) is 11.9. The van der Waals surface area contributed by atoms with Crippen LogP contribution in [0.4, 0.5) is 0 Å². The Bertz CT molecular complexity index is 474. The first-order chi connectivity index (χ1) is 8.75. The molecule has 0 radical (unpaired) electrons. The Balaban J connectivity index is 1.67. The monoisotopic (exact) mass is 263 g/mol. The Kier molecular flexibility index (Phi) is 3.20. The highest BCUT2D eigenvalue weighted by atomic mass is 32.1. The molecule has 0 unspecified atom stereocenters. The highest BCUT2D eigenvalue weighted by Crippen LogP contribution is 2.35. The van der Waals surface area contributed by atoms with E-state index >= 15 is 0 Å². The number of Topliss-reactive ketones (excluding diaryl/α,β-unsaturated/α-hetero) is 1. The van der Waals surface area contributed by atoms with Crippen molar-refractivity contribution in [2.24, 2.45) is 5.92 Å². The van der Waals surface area contributed by atoms with E-state index in [9.17, 15) is 9.59 Å². The second-order valence-electron chi connectivity index (χ2n) is 5.23. The van der Waals surface area contributed by atoms with Gasteiger partial charge in [-0.05, 0) is 29.9 Å². The van der Waals surface area contributed by atoms with Crippen molar-refractivity contribution < 1.29 is 9.59 Å². The molecule has 3 rings (SSSR count). The van der Waals surface area contributed by atoms with Crippen LogP contribution in [0.25, 0.3) is 0 Å². The van der Waals surface area contributed by atoms with Gasteiger partial charge in [0.25, 0.3) is 0 Å². The number of carbonyl (C=O) groups excluding carboxylic acids is 2. The molecular formula is C14H17NO2S. The van der Waals surface area contributed by atoms with Crippen molar-refractivity contribution in [1.82, 2.24) is 5.32 Å². The van der Waals surface area contributed by atoms with E-state index in [2.05, 4.69) is 5.32 Å². The maximum absolute atomic E-state index is 12.2. The van der Waals surface area contributed by atoms with Crippen LogP contribution in [0.3, 0.4) is 0 Å². The van der Waals surface area contributed by atoms with Crippen LogP contribution in [-0.4, -0.2) is 11.7 Å². The van der Waals surface area contributed by atoms with Gasteiger partial charge in [0.15, 0.2) is 5.78 Å². The second-order valence-corrected chi connectivity index (χ2v) is 6.14. The SMILES string of the molecule is O=C1C[C@H](NC(=O)C2CCCCC2)c2ccsc21. The largest absolute Gasteiger partial charge is 0.349 e. The molecule has 0 bridgehead atoms. The lowest BCUT2D eigenvalue weighted by Gasteiger charge is -2.22. The van der Waals surface area contributed by atoms with Crippen LogP contribution in [0, 0.1) is 5.92 Å². The van der Waals surface area contributed by atoms with E-state index in [1.54, 1.807) is 0 Å². The molecule has 1 fully saturated rings. The van der Waals surface area contributed by atoms with Crippen molar-refractivity contribution in [2.75, 3.05) is 0 Å². The van der Waals surface area contributed by atoms with Gasteiger partial charge in [-0.3, -0.25) is 9.59 Å². The molecule has 1 aromatic rings. The zero-order chi connectivity index (χ0) is 12.5. The first-order valence-electron chi connectivity index (χ1n) is 6.66. The quantitative estimate of drug-likeness (QED) is 0.891. The average molecular weight is 263 g/mol. The molecule has 1 amide bonds. The number of hydrogen-bond donors (Lipinski definition) is 1. The number of rotatable bonds is 2. The molecule has 3 nitrogen and oxygen atoms in total. The van der Waals surface area contributed by atoms with Gasteiger partial charge in [-0.2, -0.15) is 0 Å². The van der Waals surface area contributed by atoms with Crippen LogP contribution >= 0.6 is 11.3 Å². The number of fused-ring (bicyclic) bond motifs is 1. The first-order valence-corrected chi connectivity index (χ1v) is 7.54. The molecule has 1 N–H and O–H groups in total. The minimum absolute atomic E-state index is 0.0758. The summed E-state index contributed by atoms with van der Waals surface area (Å²) in [5, 5.41) is 5.00. The Morgan fingerprint density at radius 2 is 2.06 bits per heavy atom. The van der Waals surface area contributed by atoms with Crippen molar-refractivity contribution in [3.8, 4) is 0 Å². The lowest BCUT2D eigenvalue weighted by atomic mass is 9.88. The number of thiophene rings is 1. The van der Waals surface area contributed by atoms with Crippen molar-refractivity contribution in [2.45, 2.75) is 44.6 Å². The maximum atomic E-state index is 12.2. The van der Waals surface area contributed by atoms with Gasteiger partial charge in [0, 0.05) is 12.3 Å². The Morgan fingerprint density at radius 3 is 2.83 bits per heavy atom. The minimum Gasteiger partial charge on any atom is -0.349 e. The van der Waals surface area contributed by atoms with Gasteiger partial charge in [0.1, 0.15) is 0 Å². The van der Waals surface area contributed by atoms with Crippen molar-refractivity contribution >= 4 is 23.0 Å². The third kappa shape index (κ3) is 2.09. The molecule has 1 heterocycles. The molecule has 1 atom stereocenters. The molecule has 1 aromatic heterocycles. The van der Waals surface area contributed by atoms with Crippen molar-refractivity contribution in [3.63, 3.8) is 0 Å². The van der Waals surface area contributed by atoms with Crippen LogP contribution in [0.2, 0.25) is 0 Å². The second kappa shape index (κ2) is 4.84. The summed E-state index contributed by atoms with van der Waals surface area (Å²) in [6, 6.07) is 1.89. The number of ketones is 1. The molecule has 1 saturated carbocycles. The van der Waals surface area contributed by atoms with E-state index in [1.165, 1.54) is 17.8 Å². The number of nitrogens with one attached hydrogen (secondary N) is 1. The summed E-state index contributed by atoms with van der Waals surface area (Å²) in [5.74, 6) is 0.483. The van der Waals surface area contributed by atoms with Crippen LogP contribution in [0.15, 0.2) is 11.4 Å². The summed E-state index contributed by atoms with van der Waals surface area (Å²) >= 11 is 1.49.